The second-order valence-corrected chi connectivity index (χ2v) is 14.1. The summed E-state index contributed by atoms with van der Waals surface area (Å²) in [4.78, 5) is 8.86. The van der Waals surface area contributed by atoms with Crippen molar-refractivity contribution in [1.82, 2.24) is 9.55 Å². The Labute approximate surface area is 357 Å². The molecule has 5 nitrogen and oxygen atoms in total. The molecule has 3 heterocycles. The summed E-state index contributed by atoms with van der Waals surface area (Å²) in [5, 5.41) is 2.12. The number of ether oxygens (including phenoxy) is 1. The molecular weight excluding hydrogens is 721 g/mol. The number of nitrogens with zero attached hydrogens (tertiary/aromatic N) is 4. The molecule has 0 bridgehead atoms. The SMILES string of the molecule is [2H]c1c([2H])c([2H])c(-c2cccc(-c3c([2H])c([2H])c([2H])c([2H])c3[2H])c2N2CN(c3cccc(Oc4ccc5c6ccccc6n(-c6ccc(-c7ccccc7)cn6)c5c4)c3)c3ccccc32)c([2H])c1[2H]. The molecule has 1 aliphatic heterocycles. The van der Waals surface area contributed by atoms with E-state index in [0.29, 0.717) is 22.9 Å². The number of pyridine rings is 1. The van der Waals surface area contributed by atoms with Gasteiger partial charge in [-0.1, -0.05) is 145 Å². The van der Waals surface area contributed by atoms with Gasteiger partial charge in [0.25, 0.3) is 0 Å². The second kappa shape index (κ2) is 14.6. The van der Waals surface area contributed by atoms with Gasteiger partial charge in [-0.2, -0.15) is 0 Å². The van der Waals surface area contributed by atoms with Crippen molar-refractivity contribution in [2.24, 2.45) is 0 Å². The maximum Gasteiger partial charge on any atom is 0.137 e. The number of aromatic nitrogens is 2. The molecule has 2 aromatic heterocycles. The Balaban J connectivity index is 1.01. The van der Waals surface area contributed by atoms with Crippen molar-refractivity contribution in [3.05, 3.63) is 218 Å². The minimum absolute atomic E-state index is 0.0902. The largest absolute Gasteiger partial charge is 0.457 e. The molecule has 0 unspecified atom stereocenters. The fraction of sp³-hybridized carbons (Fsp3) is 0.0185. The van der Waals surface area contributed by atoms with Crippen LogP contribution in [-0.4, -0.2) is 16.2 Å². The molecule has 0 spiro atoms. The third-order valence-electron chi connectivity index (χ3n) is 10.7. The Morgan fingerprint density at radius 3 is 1.85 bits per heavy atom. The van der Waals surface area contributed by atoms with E-state index in [0.717, 1.165) is 50.1 Å². The zero-order valence-electron chi connectivity index (χ0n) is 41.4. The first-order valence-corrected chi connectivity index (χ1v) is 19.2. The molecule has 59 heavy (non-hydrogen) atoms. The van der Waals surface area contributed by atoms with Gasteiger partial charge in [0.2, 0.25) is 0 Å². The van der Waals surface area contributed by atoms with Gasteiger partial charge in [0.05, 0.1) is 41.8 Å². The zero-order valence-corrected chi connectivity index (χ0v) is 31.4. The van der Waals surface area contributed by atoms with Crippen molar-refractivity contribution in [2.45, 2.75) is 0 Å². The average Bonchev–Trinajstić information content (AvgIpc) is 3.93. The lowest BCUT2D eigenvalue weighted by Crippen LogP contribution is -2.24. The van der Waals surface area contributed by atoms with Crippen molar-refractivity contribution in [1.29, 1.82) is 0 Å². The number of fused-ring (bicyclic) bond motifs is 4. The van der Waals surface area contributed by atoms with E-state index in [9.17, 15) is 0 Å². The second-order valence-electron chi connectivity index (χ2n) is 14.1. The van der Waals surface area contributed by atoms with E-state index in [-0.39, 0.29) is 28.9 Å². The summed E-state index contributed by atoms with van der Waals surface area (Å²) in [6.07, 6.45) is 1.89. The zero-order chi connectivity index (χ0) is 47.8. The summed E-state index contributed by atoms with van der Waals surface area (Å²) in [6, 6.07) is 43.6. The van der Waals surface area contributed by atoms with Crippen molar-refractivity contribution < 1.29 is 18.4 Å². The highest BCUT2D eigenvalue weighted by molar-refractivity contribution is 6.09. The molecule has 0 atom stereocenters. The first-order chi connectivity index (χ1) is 33.4. The van der Waals surface area contributed by atoms with E-state index >= 15 is 0 Å². The van der Waals surface area contributed by atoms with Gasteiger partial charge in [-0.25, -0.2) is 4.98 Å². The fourth-order valence-electron chi connectivity index (χ4n) is 8.06. The number of rotatable bonds is 8. The van der Waals surface area contributed by atoms with Crippen LogP contribution in [0.25, 0.3) is 61.0 Å². The molecule has 280 valence electrons. The Morgan fingerprint density at radius 2 is 1.12 bits per heavy atom. The summed E-state index contributed by atoms with van der Waals surface area (Å²) in [7, 11) is 0. The van der Waals surface area contributed by atoms with Crippen LogP contribution in [0.1, 0.15) is 13.7 Å². The van der Waals surface area contributed by atoms with Gasteiger partial charge in [-0.15, -0.1) is 0 Å². The molecule has 0 radical (unpaired) electrons. The summed E-state index contributed by atoms with van der Waals surface area (Å²) < 4.78 is 95.8. The van der Waals surface area contributed by atoms with Gasteiger partial charge in [0.15, 0.2) is 0 Å². The van der Waals surface area contributed by atoms with Crippen LogP contribution in [0.5, 0.6) is 11.5 Å². The van der Waals surface area contributed by atoms with E-state index in [2.05, 4.69) is 41.0 Å². The van der Waals surface area contributed by atoms with Crippen LogP contribution in [0.4, 0.5) is 22.7 Å². The van der Waals surface area contributed by atoms with Crippen LogP contribution in [0.2, 0.25) is 0 Å². The quantitative estimate of drug-likeness (QED) is 0.154. The predicted molar refractivity (Wildman–Crippen MR) is 243 cm³/mol. The fourth-order valence-corrected chi connectivity index (χ4v) is 8.06. The number of hydrogen-bond acceptors (Lipinski definition) is 4. The van der Waals surface area contributed by atoms with Gasteiger partial charge in [0.1, 0.15) is 24.0 Å². The minimum atomic E-state index is -0.551. The van der Waals surface area contributed by atoms with Gasteiger partial charge < -0.3 is 14.5 Å². The Kier molecular flexibility index (Phi) is 6.26. The molecule has 0 saturated heterocycles. The highest BCUT2D eigenvalue weighted by Crippen LogP contribution is 2.50. The Morgan fingerprint density at radius 1 is 0.475 bits per heavy atom. The van der Waals surface area contributed by atoms with E-state index in [1.807, 2.05) is 113 Å². The lowest BCUT2D eigenvalue weighted by molar-refractivity contribution is 0.483. The van der Waals surface area contributed by atoms with Gasteiger partial charge >= 0.3 is 0 Å². The van der Waals surface area contributed by atoms with Crippen LogP contribution < -0.4 is 14.5 Å². The van der Waals surface area contributed by atoms with Crippen molar-refractivity contribution in [2.75, 3.05) is 16.5 Å². The number of hydrogen-bond donors (Lipinski definition) is 0. The van der Waals surface area contributed by atoms with Crippen LogP contribution >= 0.6 is 0 Å². The van der Waals surface area contributed by atoms with Gasteiger partial charge in [0, 0.05) is 51.5 Å². The minimum Gasteiger partial charge on any atom is -0.457 e. The standard InChI is InChI=1S/C54H38N4O/c1-4-16-38(17-5-1)41-30-33-53(55-36-41)58-49-27-11-10-24-47(49)48-32-31-44(35-52(48)58)59-43-23-14-22-42(34-43)56-37-57(51-29-13-12-28-50(51)56)54-45(39-18-6-2-7-19-39)25-15-26-46(54)40-20-8-3-9-21-40/h1-36H,37H2/i2D,3D,6D,7D,8D,9D,18D,19D,20D,21D. The number of benzene rings is 8. The summed E-state index contributed by atoms with van der Waals surface area (Å²) in [5.74, 6) is 1.92. The summed E-state index contributed by atoms with van der Waals surface area (Å²) in [5.41, 5.74) is 6.75. The maximum atomic E-state index is 9.02. The highest BCUT2D eigenvalue weighted by Gasteiger charge is 2.31. The molecule has 1 aliphatic rings. The topological polar surface area (TPSA) is 33.5 Å². The molecule has 0 saturated carbocycles. The summed E-state index contributed by atoms with van der Waals surface area (Å²) in [6.45, 7) is 0.117. The van der Waals surface area contributed by atoms with Crippen molar-refractivity contribution >= 4 is 44.6 Å². The molecule has 8 aromatic carbocycles. The molecule has 0 aliphatic carbocycles. The van der Waals surface area contributed by atoms with Crippen LogP contribution in [0, 0.1) is 0 Å². The lowest BCUT2D eigenvalue weighted by atomic mass is 9.95. The maximum absolute atomic E-state index is 9.02. The molecule has 11 rings (SSSR count). The Hall–Kier alpha value is -7.89. The smallest absolute Gasteiger partial charge is 0.137 e. The number of anilines is 4. The lowest BCUT2D eigenvalue weighted by Gasteiger charge is -2.27. The van der Waals surface area contributed by atoms with Gasteiger partial charge in [-0.3, -0.25) is 4.57 Å². The first-order valence-electron chi connectivity index (χ1n) is 24.2. The van der Waals surface area contributed by atoms with E-state index in [4.69, 9.17) is 23.4 Å². The van der Waals surface area contributed by atoms with Crippen LogP contribution in [-0.2, 0) is 0 Å². The van der Waals surface area contributed by atoms with E-state index < -0.39 is 60.4 Å². The number of para-hydroxylation sites is 4. The van der Waals surface area contributed by atoms with Gasteiger partial charge in [-0.05, 0) is 71.3 Å². The monoisotopic (exact) mass is 768 g/mol. The third kappa shape index (κ3) is 6.17. The molecule has 5 heteroatoms. The van der Waals surface area contributed by atoms with E-state index in [1.165, 1.54) is 0 Å². The normalized spacial score (nSPS) is 14.6. The first kappa shape index (κ1) is 25.4. The van der Waals surface area contributed by atoms with Crippen molar-refractivity contribution in [3.63, 3.8) is 0 Å². The molecule has 0 N–H and O–H groups in total. The highest BCUT2D eigenvalue weighted by atomic mass is 16.5. The van der Waals surface area contributed by atoms with E-state index in [1.54, 1.807) is 18.2 Å². The summed E-state index contributed by atoms with van der Waals surface area (Å²) >= 11 is 0. The molecule has 0 amide bonds. The molecule has 10 aromatic rings. The molecular formula is C54H38N4O. The average molecular weight is 769 g/mol. The van der Waals surface area contributed by atoms with Crippen molar-refractivity contribution in [3.8, 4) is 50.7 Å². The third-order valence-corrected chi connectivity index (χ3v) is 10.7. The van der Waals surface area contributed by atoms with Crippen LogP contribution in [0.15, 0.2) is 218 Å². The Bertz CT molecular complexity index is 3570. The molecule has 0 fully saturated rings. The van der Waals surface area contributed by atoms with Crippen LogP contribution in [0.3, 0.4) is 0 Å². The predicted octanol–water partition coefficient (Wildman–Crippen LogP) is 14.2.